The third-order valence-corrected chi connectivity index (χ3v) is 8.26. The quantitative estimate of drug-likeness (QED) is 0.144. The lowest BCUT2D eigenvalue weighted by atomic mass is 9.85. The highest BCUT2D eigenvalue weighted by molar-refractivity contribution is 5.94. The molecule has 1 aromatic carbocycles. The van der Waals surface area contributed by atoms with Gasteiger partial charge in [0.05, 0.1) is 26.4 Å². The standard InChI is InChI=1S/C34H53NO7/c1-7-8-9-10-18-31(37)35-19-14-13-16-24(3)33(38)25(4)29-17-12-11-15-23(2)28(36)21-26-20-27(40-5)22-30(41-6)32(26)34(39)42-29/h11-14,20,22-25,28-29,33,36,38H,7-10,15-19,21H2,1-6H3,(H,35,37)/b12-11-,14-13-/t23-,24+,25+,28+,29-,33+/m0/s1. The zero-order valence-corrected chi connectivity index (χ0v) is 26.4. The van der Waals surface area contributed by atoms with E-state index in [0.717, 1.165) is 25.7 Å². The summed E-state index contributed by atoms with van der Waals surface area (Å²) in [6.45, 7) is 8.47. The van der Waals surface area contributed by atoms with Crippen LogP contribution in [-0.4, -0.2) is 61.2 Å². The van der Waals surface area contributed by atoms with Gasteiger partial charge in [-0.25, -0.2) is 4.79 Å². The summed E-state index contributed by atoms with van der Waals surface area (Å²) in [6.07, 6.45) is 12.8. The van der Waals surface area contributed by atoms with Crippen LogP contribution >= 0.6 is 0 Å². The lowest BCUT2D eigenvalue weighted by Crippen LogP contribution is -2.37. The summed E-state index contributed by atoms with van der Waals surface area (Å²) in [5, 5.41) is 25.0. The van der Waals surface area contributed by atoms with Crippen LogP contribution in [0.2, 0.25) is 0 Å². The average molecular weight is 588 g/mol. The van der Waals surface area contributed by atoms with E-state index in [4.69, 9.17) is 14.2 Å². The second-order valence-corrected chi connectivity index (χ2v) is 11.6. The van der Waals surface area contributed by atoms with E-state index >= 15 is 0 Å². The number of ether oxygens (including phenoxy) is 3. The molecule has 8 heteroatoms. The van der Waals surface area contributed by atoms with Crippen LogP contribution in [0.3, 0.4) is 0 Å². The maximum Gasteiger partial charge on any atom is 0.342 e. The molecule has 1 aliphatic heterocycles. The minimum Gasteiger partial charge on any atom is -0.497 e. The van der Waals surface area contributed by atoms with Crippen LogP contribution in [0.15, 0.2) is 36.4 Å². The number of benzene rings is 1. The van der Waals surface area contributed by atoms with Crippen molar-refractivity contribution in [1.29, 1.82) is 0 Å². The van der Waals surface area contributed by atoms with Crippen LogP contribution in [0, 0.1) is 17.8 Å². The van der Waals surface area contributed by atoms with E-state index in [1.54, 1.807) is 19.2 Å². The molecule has 0 fully saturated rings. The van der Waals surface area contributed by atoms with Gasteiger partial charge in [-0.05, 0) is 49.1 Å². The Balaban J connectivity index is 2.11. The highest BCUT2D eigenvalue weighted by atomic mass is 16.5. The van der Waals surface area contributed by atoms with Crippen molar-refractivity contribution in [2.24, 2.45) is 17.8 Å². The summed E-state index contributed by atoms with van der Waals surface area (Å²) in [7, 11) is 3.03. The van der Waals surface area contributed by atoms with Gasteiger partial charge in [-0.15, -0.1) is 0 Å². The Hall–Kier alpha value is -2.84. The monoisotopic (exact) mass is 587 g/mol. The van der Waals surface area contributed by atoms with Crippen molar-refractivity contribution in [3.8, 4) is 11.5 Å². The van der Waals surface area contributed by atoms with Gasteiger partial charge in [-0.1, -0.05) is 71.3 Å². The molecule has 1 heterocycles. The molecule has 0 saturated carbocycles. The summed E-state index contributed by atoms with van der Waals surface area (Å²) in [4.78, 5) is 25.6. The second-order valence-electron chi connectivity index (χ2n) is 11.6. The number of allylic oxidation sites excluding steroid dienone is 2. The largest absolute Gasteiger partial charge is 0.497 e. The van der Waals surface area contributed by atoms with Gasteiger partial charge >= 0.3 is 5.97 Å². The molecule has 2 rings (SSSR count). The SMILES string of the molecule is CCCCCCC(=O)NC/C=C\C[C@@H](C)[C@@H](O)[C@H](C)[C@@H]1C/C=C\C[C@H](C)[C@H](O)Cc2cc(OC)cc(OC)c2C(=O)O1. The summed E-state index contributed by atoms with van der Waals surface area (Å²) in [5.74, 6) is -0.106. The minimum atomic E-state index is -0.722. The zero-order valence-electron chi connectivity index (χ0n) is 26.4. The highest BCUT2D eigenvalue weighted by Crippen LogP contribution is 2.33. The molecule has 1 aromatic rings. The number of rotatable bonds is 14. The third-order valence-electron chi connectivity index (χ3n) is 8.26. The maximum atomic E-state index is 13.6. The van der Waals surface area contributed by atoms with Crippen molar-refractivity contribution in [3.63, 3.8) is 0 Å². The van der Waals surface area contributed by atoms with Crippen LogP contribution in [0.1, 0.15) is 95.0 Å². The fraction of sp³-hybridized carbons (Fsp3) is 0.647. The average Bonchev–Trinajstić information content (AvgIpc) is 2.98. The molecule has 0 aromatic heterocycles. The Labute approximate surface area is 252 Å². The molecule has 0 bridgehead atoms. The molecular weight excluding hydrogens is 534 g/mol. The summed E-state index contributed by atoms with van der Waals surface area (Å²) < 4.78 is 17.0. The first kappa shape index (κ1) is 35.4. The van der Waals surface area contributed by atoms with Crippen LogP contribution in [-0.2, 0) is 16.0 Å². The van der Waals surface area contributed by atoms with E-state index in [1.807, 2.05) is 45.1 Å². The molecule has 6 atom stereocenters. The number of aliphatic hydroxyl groups excluding tert-OH is 2. The fourth-order valence-electron chi connectivity index (χ4n) is 5.25. The summed E-state index contributed by atoms with van der Waals surface area (Å²) >= 11 is 0. The van der Waals surface area contributed by atoms with Gasteiger partial charge in [0.25, 0.3) is 0 Å². The van der Waals surface area contributed by atoms with E-state index in [1.165, 1.54) is 7.11 Å². The molecule has 0 radical (unpaired) electrons. The summed E-state index contributed by atoms with van der Waals surface area (Å²) in [6, 6.07) is 3.38. The summed E-state index contributed by atoms with van der Waals surface area (Å²) in [5.41, 5.74) is 0.864. The lowest BCUT2D eigenvalue weighted by Gasteiger charge is -2.31. The predicted octanol–water partition coefficient (Wildman–Crippen LogP) is 5.78. The fourth-order valence-corrected chi connectivity index (χ4v) is 5.25. The molecular formula is C34H53NO7. The first-order valence-electron chi connectivity index (χ1n) is 15.5. The second kappa shape index (κ2) is 18.6. The number of methoxy groups -OCH3 is 2. The van der Waals surface area contributed by atoms with Gasteiger partial charge in [-0.2, -0.15) is 0 Å². The number of cyclic esters (lactones) is 1. The Bertz CT molecular complexity index is 1040. The van der Waals surface area contributed by atoms with Gasteiger partial charge < -0.3 is 29.7 Å². The smallest absolute Gasteiger partial charge is 0.342 e. The van der Waals surface area contributed by atoms with Gasteiger partial charge in [0.2, 0.25) is 5.91 Å². The van der Waals surface area contributed by atoms with Gasteiger partial charge in [0, 0.05) is 31.4 Å². The van der Waals surface area contributed by atoms with Crippen molar-refractivity contribution in [2.45, 2.75) is 104 Å². The van der Waals surface area contributed by atoms with Crippen molar-refractivity contribution in [2.75, 3.05) is 20.8 Å². The minimum absolute atomic E-state index is 0.0270. The number of hydrogen-bond donors (Lipinski definition) is 3. The number of carbonyl (C=O) groups is 2. The van der Waals surface area contributed by atoms with Crippen molar-refractivity contribution in [1.82, 2.24) is 5.32 Å². The molecule has 0 aliphatic carbocycles. The van der Waals surface area contributed by atoms with Crippen molar-refractivity contribution < 1.29 is 34.0 Å². The number of fused-ring (bicyclic) bond motifs is 1. The third kappa shape index (κ3) is 11.1. The molecule has 3 N–H and O–H groups in total. The Morgan fingerprint density at radius 2 is 1.86 bits per heavy atom. The Morgan fingerprint density at radius 1 is 1.12 bits per heavy atom. The first-order valence-corrected chi connectivity index (χ1v) is 15.5. The molecule has 1 amide bonds. The van der Waals surface area contributed by atoms with E-state index in [-0.39, 0.29) is 35.6 Å². The first-order chi connectivity index (χ1) is 20.1. The highest BCUT2D eigenvalue weighted by Gasteiger charge is 2.32. The van der Waals surface area contributed by atoms with Gasteiger partial charge in [-0.3, -0.25) is 4.79 Å². The Morgan fingerprint density at radius 3 is 2.55 bits per heavy atom. The zero-order chi connectivity index (χ0) is 31.1. The van der Waals surface area contributed by atoms with Crippen LogP contribution < -0.4 is 14.8 Å². The molecule has 0 spiro atoms. The van der Waals surface area contributed by atoms with Gasteiger partial charge in [0.15, 0.2) is 0 Å². The Kier molecular flexibility index (Phi) is 15.7. The number of hydrogen-bond acceptors (Lipinski definition) is 7. The van der Waals surface area contributed by atoms with Crippen LogP contribution in [0.5, 0.6) is 11.5 Å². The molecule has 0 unspecified atom stereocenters. The van der Waals surface area contributed by atoms with E-state index < -0.39 is 24.3 Å². The van der Waals surface area contributed by atoms with Crippen molar-refractivity contribution >= 4 is 11.9 Å². The molecule has 236 valence electrons. The van der Waals surface area contributed by atoms with Gasteiger partial charge in [0.1, 0.15) is 23.2 Å². The number of nitrogens with one attached hydrogen (secondary N) is 1. The number of carbonyl (C=O) groups excluding carboxylic acids is 2. The molecule has 42 heavy (non-hydrogen) atoms. The molecule has 1 aliphatic rings. The predicted molar refractivity (Wildman–Crippen MR) is 166 cm³/mol. The topological polar surface area (TPSA) is 114 Å². The number of unbranched alkanes of at least 4 members (excludes halogenated alkanes) is 3. The number of amides is 1. The maximum absolute atomic E-state index is 13.6. The number of esters is 1. The molecule has 8 nitrogen and oxygen atoms in total. The van der Waals surface area contributed by atoms with E-state index in [0.29, 0.717) is 49.3 Å². The van der Waals surface area contributed by atoms with Crippen molar-refractivity contribution in [3.05, 3.63) is 47.6 Å². The lowest BCUT2D eigenvalue weighted by molar-refractivity contribution is -0.121. The number of aliphatic hydroxyl groups is 2. The van der Waals surface area contributed by atoms with E-state index in [2.05, 4.69) is 12.2 Å². The normalized spacial score (nSPS) is 22.6. The van der Waals surface area contributed by atoms with E-state index in [9.17, 15) is 19.8 Å². The van der Waals surface area contributed by atoms with Crippen LogP contribution in [0.25, 0.3) is 0 Å². The molecule has 0 saturated heterocycles. The van der Waals surface area contributed by atoms with Crippen LogP contribution in [0.4, 0.5) is 0 Å².